The van der Waals surface area contributed by atoms with Crippen LogP contribution in [0.1, 0.15) is 26.2 Å². The van der Waals surface area contributed by atoms with Crippen molar-refractivity contribution in [2.24, 2.45) is 0 Å². The maximum atomic E-state index is 12.5. The fourth-order valence-corrected chi connectivity index (χ4v) is 4.85. The minimum absolute atomic E-state index is 0.00131. The molecule has 1 unspecified atom stereocenters. The molecule has 0 aromatic heterocycles. The van der Waals surface area contributed by atoms with Crippen LogP contribution in [-0.2, 0) is 19.6 Å². The van der Waals surface area contributed by atoms with E-state index in [1.165, 1.54) is 4.31 Å². The standard InChI is InChI=1S/C19H29N3O5S/c1-16(23)22(19-8-3-4-9-20(19)2)17-6-5-7-18(14-17)27-15-28(24,25)21-10-12-26-13-11-21/h5-7,14,19H,3-4,8-13,15H2,1-2H3. The first-order valence-electron chi connectivity index (χ1n) is 9.67. The molecule has 28 heavy (non-hydrogen) atoms. The zero-order chi connectivity index (χ0) is 20.1. The van der Waals surface area contributed by atoms with Crippen molar-refractivity contribution in [2.45, 2.75) is 32.4 Å². The van der Waals surface area contributed by atoms with Crippen molar-refractivity contribution >= 4 is 21.6 Å². The average Bonchev–Trinajstić information content (AvgIpc) is 2.69. The number of carbonyl (C=O) groups excluding carboxylic acids is 1. The number of piperidine rings is 1. The Hall–Kier alpha value is -1.68. The van der Waals surface area contributed by atoms with Crippen LogP contribution in [0.4, 0.5) is 5.69 Å². The number of likely N-dealkylation sites (tertiary alicyclic amines) is 1. The van der Waals surface area contributed by atoms with Gasteiger partial charge in [-0.1, -0.05) is 6.07 Å². The lowest BCUT2D eigenvalue weighted by Gasteiger charge is -2.40. The van der Waals surface area contributed by atoms with Gasteiger partial charge in [0.05, 0.1) is 19.4 Å². The SMILES string of the molecule is CC(=O)N(c1cccc(OCS(=O)(=O)N2CCOCC2)c1)C1CCCCN1C. The van der Waals surface area contributed by atoms with Gasteiger partial charge in [-0.25, -0.2) is 8.42 Å². The fraction of sp³-hybridized carbons (Fsp3) is 0.632. The second-order valence-corrected chi connectivity index (χ2v) is 9.14. The summed E-state index contributed by atoms with van der Waals surface area (Å²) in [6, 6.07) is 7.08. The molecule has 2 aliphatic rings. The van der Waals surface area contributed by atoms with Crippen LogP contribution in [-0.4, -0.2) is 75.5 Å². The van der Waals surface area contributed by atoms with Crippen LogP contribution in [0.15, 0.2) is 24.3 Å². The zero-order valence-electron chi connectivity index (χ0n) is 16.5. The van der Waals surface area contributed by atoms with Crippen molar-refractivity contribution in [3.05, 3.63) is 24.3 Å². The minimum Gasteiger partial charge on any atom is -0.476 e. The van der Waals surface area contributed by atoms with Crippen molar-refractivity contribution in [1.29, 1.82) is 0 Å². The first-order chi connectivity index (χ1) is 13.4. The van der Waals surface area contributed by atoms with Crippen LogP contribution in [0.5, 0.6) is 5.75 Å². The lowest BCUT2D eigenvalue weighted by Crippen LogP contribution is -2.51. The summed E-state index contributed by atoms with van der Waals surface area (Å²) >= 11 is 0. The molecule has 0 aliphatic carbocycles. The Labute approximate surface area is 167 Å². The predicted octanol–water partition coefficient (Wildman–Crippen LogP) is 1.48. The average molecular weight is 412 g/mol. The predicted molar refractivity (Wildman–Crippen MR) is 107 cm³/mol. The van der Waals surface area contributed by atoms with E-state index in [0.717, 1.165) is 25.8 Å². The number of nitrogens with zero attached hydrogens (tertiary/aromatic N) is 3. The van der Waals surface area contributed by atoms with E-state index in [0.29, 0.717) is 37.7 Å². The molecule has 1 atom stereocenters. The van der Waals surface area contributed by atoms with Crippen LogP contribution in [0.25, 0.3) is 0 Å². The topological polar surface area (TPSA) is 79.4 Å². The Balaban J connectivity index is 1.72. The number of hydrogen-bond donors (Lipinski definition) is 0. The van der Waals surface area contributed by atoms with Gasteiger partial charge in [-0.15, -0.1) is 0 Å². The maximum Gasteiger partial charge on any atom is 0.249 e. The fourth-order valence-electron chi connectivity index (χ4n) is 3.71. The first kappa shape index (κ1) is 21.0. The van der Waals surface area contributed by atoms with Gasteiger partial charge in [0, 0.05) is 31.8 Å². The Morgan fingerprint density at radius 3 is 2.68 bits per heavy atom. The van der Waals surface area contributed by atoms with Crippen LogP contribution in [0, 0.1) is 0 Å². The molecule has 3 rings (SSSR count). The zero-order valence-corrected chi connectivity index (χ0v) is 17.4. The molecular weight excluding hydrogens is 382 g/mol. The van der Waals surface area contributed by atoms with Crippen LogP contribution in [0.2, 0.25) is 0 Å². The third-order valence-electron chi connectivity index (χ3n) is 5.20. The quantitative estimate of drug-likeness (QED) is 0.706. The summed E-state index contributed by atoms with van der Waals surface area (Å²) in [5.74, 6) is -0.0456. The van der Waals surface area contributed by atoms with Crippen LogP contribution < -0.4 is 9.64 Å². The third-order valence-corrected chi connectivity index (χ3v) is 6.77. The van der Waals surface area contributed by atoms with Crippen molar-refractivity contribution in [1.82, 2.24) is 9.21 Å². The highest BCUT2D eigenvalue weighted by molar-refractivity contribution is 7.88. The van der Waals surface area contributed by atoms with Gasteiger partial charge in [-0.05, 0) is 45.0 Å². The van der Waals surface area contributed by atoms with Gasteiger partial charge >= 0.3 is 0 Å². The number of anilines is 1. The van der Waals surface area contributed by atoms with E-state index in [9.17, 15) is 13.2 Å². The smallest absolute Gasteiger partial charge is 0.249 e. The van der Waals surface area contributed by atoms with E-state index in [-0.39, 0.29) is 12.1 Å². The summed E-state index contributed by atoms with van der Waals surface area (Å²) in [7, 11) is -1.50. The highest BCUT2D eigenvalue weighted by Gasteiger charge is 2.29. The summed E-state index contributed by atoms with van der Waals surface area (Å²) in [5, 5.41) is 0. The monoisotopic (exact) mass is 411 g/mol. The summed E-state index contributed by atoms with van der Waals surface area (Å²) in [5.41, 5.74) is 0.715. The van der Waals surface area contributed by atoms with Gasteiger partial charge in [0.1, 0.15) is 5.75 Å². The Bertz CT molecular complexity index is 780. The Kier molecular flexibility index (Phi) is 6.92. The maximum absolute atomic E-state index is 12.5. The van der Waals surface area contributed by atoms with E-state index in [4.69, 9.17) is 9.47 Å². The Morgan fingerprint density at radius 2 is 2.00 bits per heavy atom. The van der Waals surface area contributed by atoms with Crippen LogP contribution in [0.3, 0.4) is 0 Å². The molecule has 2 fully saturated rings. The normalized spacial score (nSPS) is 22.0. The number of rotatable bonds is 6. The molecule has 2 aliphatic heterocycles. The lowest BCUT2D eigenvalue weighted by atomic mass is 10.1. The number of sulfonamides is 1. The van der Waals surface area contributed by atoms with Crippen molar-refractivity contribution < 1.29 is 22.7 Å². The van der Waals surface area contributed by atoms with Crippen LogP contribution >= 0.6 is 0 Å². The van der Waals surface area contributed by atoms with Gasteiger partial charge < -0.3 is 9.47 Å². The van der Waals surface area contributed by atoms with E-state index >= 15 is 0 Å². The number of amides is 1. The molecule has 1 amide bonds. The van der Waals surface area contributed by atoms with E-state index in [1.54, 1.807) is 30.0 Å². The molecule has 8 nitrogen and oxygen atoms in total. The molecule has 9 heteroatoms. The van der Waals surface area contributed by atoms with Gasteiger partial charge in [0.2, 0.25) is 21.9 Å². The summed E-state index contributed by atoms with van der Waals surface area (Å²) in [4.78, 5) is 16.3. The largest absolute Gasteiger partial charge is 0.476 e. The second-order valence-electron chi connectivity index (χ2n) is 7.23. The highest BCUT2D eigenvalue weighted by atomic mass is 32.2. The molecule has 0 spiro atoms. The number of morpholine rings is 1. The summed E-state index contributed by atoms with van der Waals surface area (Å²) < 4.78 is 37.1. The lowest BCUT2D eigenvalue weighted by molar-refractivity contribution is -0.118. The van der Waals surface area contributed by atoms with Gasteiger partial charge in [-0.3, -0.25) is 14.6 Å². The molecule has 0 radical (unpaired) electrons. The van der Waals surface area contributed by atoms with E-state index in [1.807, 2.05) is 13.1 Å². The number of benzene rings is 1. The third kappa shape index (κ3) is 5.02. The molecule has 0 saturated carbocycles. The minimum atomic E-state index is -3.52. The van der Waals surface area contributed by atoms with Gasteiger partial charge in [0.25, 0.3) is 0 Å². The van der Waals surface area contributed by atoms with E-state index in [2.05, 4.69) is 4.90 Å². The molecule has 1 aromatic rings. The van der Waals surface area contributed by atoms with E-state index < -0.39 is 16.0 Å². The molecule has 2 heterocycles. The first-order valence-corrected chi connectivity index (χ1v) is 11.3. The number of ether oxygens (including phenoxy) is 2. The molecule has 156 valence electrons. The van der Waals surface area contributed by atoms with Crippen molar-refractivity contribution in [3.63, 3.8) is 0 Å². The van der Waals surface area contributed by atoms with Crippen molar-refractivity contribution in [2.75, 3.05) is 50.7 Å². The molecule has 0 bridgehead atoms. The number of hydrogen-bond acceptors (Lipinski definition) is 6. The van der Waals surface area contributed by atoms with Crippen molar-refractivity contribution in [3.8, 4) is 5.75 Å². The molecule has 2 saturated heterocycles. The summed E-state index contributed by atoms with van der Waals surface area (Å²) in [6.45, 7) is 3.99. The highest BCUT2D eigenvalue weighted by Crippen LogP contribution is 2.28. The molecule has 1 aromatic carbocycles. The molecular formula is C19H29N3O5S. The second kappa shape index (κ2) is 9.21. The molecule has 0 N–H and O–H groups in total. The van der Waals surface area contributed by atoms with Gasteiger partial charge in [0.15, 0.2) is 0 Å². The van der Waals surface area contributed by atoms with Gasteiger partial charge in [-0.2, -0.15) is 4.31 Å². The summed E-state index contributed by atoms with van der Waals surface area (Å²) in [6.07, 6.45) is 3.11. The number of carbonyl (C=O) groups is 1. The Morgan fingerprint density at radius 1 is 1.25 bits per heavy atom.